The van der Waals surface area contributed by atoms with Crippen LogP contribution in [0.4, 0.5) is 4.79 Å². The number of hydrogen-bond donors (Lipinski definition) is 4. The molecule has 0 bridgehead atoms. The molecule has 0 aliphatic heterocycles. The Hall–Kier alpha value is -1.79. The summed E-state index contributed by atoms with van der Waals surface area (Å²) in [7, 11) is 0. The Kier molecular flexibility index (Phi) is 6.27. The molecule has 1 fully saturated rings. The molecule has 7 nitrogen and oxygen atoms in total. The summed E-state index contributed by atoms with van der Waals surface area (Å²) in [6, 6.07) is -0.437. The van der Waals surface area contributed by atoms with Crippen molar-refractivity contribution in [3.05, 3.63) is 0 Å². The maximum atomic E-state index is 11.5. The van der Waals surface area contributed by atoms with Crippen molar-refractivity contribution >= 4 is 17.9 Å². The lowest BCUT2D eigenvalue weighted by Crippen LogP contribution is -2.48. The maximum Gasteiger partial charge on any atom is 0.315 e. The van der Waals surface area contributed by atoms with Gasteiger partial charge in [0.25, 0.3) is 0 Å². The van der Waals surface area contributed by atoms with Gasteiger partial charge in [0.05, 0.1) is 13.0 Å². The van der Waals surface area contributed by atoms with Gasteiger partial charge < -0.3 is 21.1 Å². The van der Waals surface area contributed by atoms with E-state index in [1.54, 1.807) is 0 Å². The van der Waals surface area contributed by atoms with Gasteiger partial charge in [0.2, 0.25) is 5.91 Å². The number of aliphatic carboxylic acids is 1. The zero-order valence-electron chi connectivity index (χ0n) is 11.8. The van der Waals surface area contributed by atoms with Crippen molar-refractivity contribution in [2.24, 2.45) is 5.41 Å². The highest BCUT2D eigenvalue weighted by Crippen LogP contribution is 2.43. The topological polar surface area (TPSA) is 108 Å². The fraction of sp³-hybridized carbons (Fsp3) is 0.769. The van der Waals surface area contributed by atoms with E-state index in [4.69, 9.17) is 5.11 Å². The van der Waals surface area contributed by atoms with Crippen LogP contribution in [0.3, 0.4) is 0 Å². The minimum atomic E-state index is -0.842. The first-order chi connectivity index (χ1) is 9.47. The summed E-state index contributed by atoms with van der Waals surface area (Å²) in [5, 5.41) is 16.6. The van der Waals surface area contributed by atoms with Crippen molar-refractivity contribution in [3.63, 3.8) is 0 Å². The van der Waals surface area contributed by atoms with Crippen molar-refractivity contribution in [2.45, 2.75) is 39.0 Å². The van der Waals surface area contributed by atoms with Crippen LogP contribution in [-0.2, 0) is 9.59 Å². The van der Waals surface area contributed by atoms with Gasteiger partial charge in [-0.3, -0.25) is 9.59 Å². The molecule has 1 saturated carbocycles. The summed E-state index contributed by atoms with van der Waals surface area (Å²) in [4.78, 5) is 33.6. The van der Waals surface area contributed by atoms with Gasteiger partial charge in [-0.1, -0.05) is 13.3 Å². The molecule has 0 aromatic heterocycles. The molecule has 0 atom stereocenters. The van der Waals surface area contributed by atoms with Gasteiger partial charge >= 0.3 is 12.0 Å². The molecule has 3 amide bonds. The number of rotatable bonds is 8. The number of hydrogen-bond acceptors (Lipinski definition) is 3. The molecule has 0 spiro atoms. The highest BCUT2D eigenvalue weighted by atomic mass is 16.4. The van der Waals surface area contributed by atoms with Gasteiger partial charge in [-0.15, -0.1) is 0 Å². The normalized spacial score (nSPS) is 15.8. The van der Waals surface area contributed by atoms with Gasteiger partial charge in [-0.25, -0.2) is 4.79 Å². The van der Waals surface area contributed by atoms with E-state index in [2.05, 4.69) is 16.0 Å². The number of carbonyl (C=O) groups excluding carboxylic acids is 2. The van der Waals surface area contributed by atoms with Crippen LogP contribution in [0.2, 0.25) is 0 Å². The Bertz CT molecular complexity index is 367. The van der Waals surface area contributed by atoms with E-state index in [0.29, 0.717) is 13.1 Å². The van der Waals surface area contributed by atoms with Crippen LogP contribution in [0, 0.1) is 5.41 Å². The summed E-state index contributed by atoms with van der Waals surface area (Å²) < 4.78 is 0. The quantitative estimate of drug-likeness (QED) is 0.519. The first-order valence-corrected chi connectivity index (χ1v) is 6.98. The summed E-state index contributed by atoms with van der Waals surface area (Å²) in [6.07, 6.45) is 3.54. The van der Waals surface area contributed by atoms with Crippen molar-refractivity contribution in [1.29, 1.82) is 0 Å². The minimum Gasteiger partial charge on any atom is -0.481 e. The van der Waals surface area contributed by atoms with E-state index in [1.165, 1.54) is 0 Å². The first kappa shape index (κ1) is 16.3. The van der Waals surface area contributed by atoms with Gasteiger partial charge in [0.15, 0.2) is 0 Å². The average molecular weight is 285 g/mol. The Morgan fingerprint density at radius 1 is 1.15 bits per heavy atom. The minimum absolute atomic E-state index is 0.0717. The third-order valence-corrected chi connectivity index (χ3v) is 3.55. The largest absolute Gasteiger partial charge is 0.481 e. The molecule has 114 valence electrons. The Morgan fingerprint density at radius 3 is 2.35 bits per heavy atom. The van der Waals surface area contributed by atoms with Gasteiger partial charge in [-0.2, -0.15) is 0 Å². The van der Waals surface area contributed by atoms with Crippen LogP contribution in [0.5, 0.6) is 0 Å². The molecule has 7 heteroatoms. The molecular weight excluding hydrogens is 262 g/mol. The van der Waals surface area contributed by atoms with Gasteiger partial charge in [0.1, 0.15) is 0 Å². The maximum absolute atomic E-state index is 11.5. The molecule has 20 heavy (non-hydrogen) atoms. The Morgan fingerprint density at radius 2 is 1.85 bits per heavy atom. The molecule has 4 N–H and O–H groups in total. The number of amides is 3. The van der Waals surface area contributed by atoms with E-state index in [1.807, 2.05) is 6.92 Å². The predicted molar refractivity (Wildman–Crippen MR) is 73.2 cm³/mol. The van der Waals surface area contributed by atoms with Crippen LogP contribution < -0.4 is 16.0 Å². The second kappa shape index (κ2) is 7.72. The molecule has 0 heterocycles. The molecular formula is C13H23N3O4. The van der Waals surface area contributed by atoms with Crippen molar-refractivity contribution < 1.29 is 19.5 Å². The summed E-state index contributed by atoms with van der Waals surface area (Å²) in [6.45, 7) is 2.80. The third kappa shape index (κ3) is 5.46. The Balaban J connectivity index is 2.22. The zero-order valence-corrected chi connectivity index (χ0v) is 11.8. The predicted octanol–water partition coefficient (Wildman–Crippen LogP) is 0.457. The van der Waals surface area contributed by atoms with E-state index in [9.17, 15) is 14.4 Å². The van der Waals surface area contributed by atoms with Gasteiger partial charge in [-0.05, 0) is 24.7 Å². The second-order valence-corrected chi connectivity index (χ2v) is 5.31. The zero-order chi connectivity index (χ0) is 15.0. The molecule has 1 aliphatic carbocycles. The third-order valence-electron chi connectivity index (χ3n) is 3.55. The lowest BCUT2D eigenvalue weighted by atomic mass is 9.66. The van der Waals surface area contributed by atoms with Crippen LogP contribution in [0.25, 0.3) is 0 Å². The number of nitrogens with one attached hydrogen (secondary N) is 3. The van der Waals surface area contributed by atoms with Crippen molar-refractivity contribution in [1.82, 2.24) is 16.0 Å². The van der Waals surface area contributed by atoms with Crippen LogP contribution in [0.15, 0.2) is 0 Å². The van der Waals surface area contributed by atoms with Crippen LogP contribution in [-0.4, -0.2) is 42.6 Å². The van der Waals surface area contributed by atoms with Crippen LogP contribution in [0.1, 0.15) is 39.0 Å². The summed E-state index contributed by atoms with van der Waals surface area (Å²) in [5.74, 6) is -1.07. The van der Waals surface area contributed by atoms with E-state index in [-0.39, 0.29) is 24.3 Å². The highest BCUT2D eigenvalue weighted by Gasteiger charge is 2.39. The molecule has 0 radical (unpaired) electrons. The Labute approximate surface area is 118 Å². The fourth-order valence-electron chi connectivity index (χ4n) is 2.23. The summed E-state index contributed by atoms with van der Waals surface area (Å²) in [5.41, 5.74) is -0.312. The SMILES string of the molecule is CCCNC(=O)CNC(=O)NCC1(CC(=O)O)CCC1. The molecule has 0 aromatic carbocycles. The molecule has 0 unspecified atom stereocenters. The monoisotopic (exact) mass is 285 g/mol. The lowest BCUT2D eigenvalue weighted by Gasteiger charge is -2.40. The molecule has 1 rings (SSSR count). The number of urea groups is 1. The molecule has 0 saturated heterocycles. The highest BCUT2D eigenvalue weighted by molar-refractivity contribution is 5.83. The smallest absolute Gasteiger partial charge is 0.315 e. The summed E-state index contributed by atoms with van der Waals surface area (Å²) >= 11 is 0. The van der Waals surface area contributed by atoms with E-state index >= 15 is 0 Å². The number of carbonyl (C=O) groups is 3. The molecule has 0 aromatic rings. The van der Waals surface area contributed by atoms with E-state index in [0.717, 1.165) is 25.7 Å². The first-order valence-electron chi connectivity index (χ1n) is 6.98. The standard InChI is InChI=1S/C13H23N3O4/c1-2-6-14-10(17)8-15-12(20)16-9-13(4-3-5-13)7-11(18)19/h2-9H2,1H3,(H,14,17)(H,18,19)(H2,15,16,20). The van der Waals surface area contributed by atoms with Crippen molar-refractivity contribution in [2.75, 3.05) is 19.6 Å². The number of carboxylic acids is 1. The van der Waals surface area contributed by atoms with Gasteiger partial charge in [0, 0.05) is 13.1 Å². The number of carboxylic acid groups (broad SMARTS) is 1. The molecule has 1 aliphatic rings. The van der Waals surface area contributed by atoms with Crippen molar-refractivity contribution in [3.8, 4) is 0 Å². The van der Waals surface area contributed by atoms with Crippen LogP contribution >= 0.6 is 0 Å². The van der Waals surface area contributed by atoms with E-state index < -0.39 is 12.0 Å². The second-order valence-electron chi connectivity index (χ2n) is 5.31. The lowest BCUT2D eigenvalue weighted by molar-refractivity contribution is -0.141. The fourth-order valence-corrected chi connectivity index (χ4v) is 2.23. The average Bonchev–Trinajstić information content (AvgIpc) is 2.36.